The molecule has 4 nitrogen and oxygen atoms in total. The van der Waals surface area contributed by atoms with Crippen LogP contribution >= 0.6 is 27.5 Å². The molecule has 0 aliphatic rings. The summed E-state index contributed by atoms with van der Waals surface area (Å²) in [6, 6.07) is 13.6. The molecule has 3 aromatic rings. The highest BCUT2D eigenvalue weighted by atomic mass is 79.9. The standard InChI is InChI=1S/C20H18BrClFN3O/c1-20(2,3)16-11-17(26(25-16)13-9-7-12(21)8-10-13)24-19(27)14-5-4-6-15(22)18(14)23/h4-11H,1-3H3,(H,24,27). The van der Waals surface area contributed by atoms with Gasteiger partial charge in [0.15, 0.2) is 5.82 Å². The Morgan fingerprint density at radius 3 is 2.48 bits per heavy atom. The van der Waals surface area contributed by atoms with Gasteiger partial charge in [0.1, 0.15) is 5.82 Å². The molecule has 0 saturated carbocycles. The minimum Gasteiger partial charge on any atom is -0.306 e. The Bertz CT molecular complexity index is 993. The number of nitrogens with zero attached hydrogens (tertiary/aromatic N) is 2. The van der Waals surface area contributed by atoms with Crippen LogP contribution in [-0.2, 0) is 5.41 Å². The molecule has 1 heterocycles. The first kappa shape index (κ1) is 19.6. The lowest BCUT2D eigenvalue weighted by Gasteiger charge is -2.14. The van der Waals surface area contributed by atoms with Gasteiger partial charge in [-0.25, -0.2) is 9.07 Å². The number of aromatic nitrogens is 2. The van der Waals surface area contributed by atoms with Crippen LogP contribution in [0.1, 0.15) is 36.8 Å². The van der Waals surface area contributed by atoms with Gasteiger partial charge in [-0.2, -0.15) is 5.10 Å². The molecule has 0 fully saturated rings. The second-order valence-corrected chi connectivity index (χ2v) is 8.43. The highest BCUT2D eigenvalue weighted by molar-refractivity contribution is 9.10. The quantitative estimate of drug-likeness (QED) is 0.534. The van der Waals surface area contributed by atoms with Gasteiger partial charge in [0, 0.05) is 16.0 Å². The Morgan fingerprint density at radius 1 is 1.19 bits per heavy atom. The van der Waals surface area contributed by atoms with E-state index in [2.05, 4.69) is 26.3 Å². The van der Waals surface area contributed by atoms with Gasteiger partial charge in [-0.3, -0.25) is 4.79 Å². The summed E-state index contributed by atoms with van der Waals surface area (Å²) in [6.45, 7) is 6.09. The van der Waals surface area contributed by atoms with Gasteiger partial charge in [-0.05, 0) is 36.4 Å². The molecule has 0 radical (unpaired) electrons. The van der Waals surface area contributed by atoms with Crippen molar-refractivity contribution in [1.82, 2.24) is 9.78 Å². The van der Waals surface area contributed by atoms with Gasteiger partial charge >= 0.3 is 0 Å². The van der Waals surface area contributed by atoms with Crippen molar-refractivity contribution in [1.29, 1.82) is 0 Å². The average molecular weight is 451 g/mol. The van der Waals surface area contributed by atoms with E-state index in [1.165, 1.54) is 18.2 Å². The molecule has 3 rings (SSSR count). The van der Waals surface area contributed by atoms with Crippen LogP contribution in [-0.4, -0.2) is 15.7 Å². The first-order valence-corrected chi connectivity index (χ1v) is 9.46. The van der Waals surface area contributed by atoms with Crippen LogP contribution in [0, 0.1) is 5.82 Å². The Morgan fingerprint density at radius 2 is 1.85 bits per heavy atom. The van der Waals surface area contributed by atoms with E-state index in [1.807, 2.05) is 45.0 Å². The number of amides is 1. The summed E-state index contributed by atoms with van der Waals surface area (Å²) in [7, 11) is 0. The molecule has 1 aromatic heterocycles. The highest BCUT2D eigenvalue weighted by Crippen LogP contribution is 2.27. The van der Waals surface area contributed by atoms with E-state index in [0.717, 1.165) is 15.9 Å². The Labute approximate surface area is 170 Å². The van der Waals surface area contributed by atoms with E-state index in [1.54, 1.807) is 10.7 Å². The van der Waals surface area contributed by atoms with Crippen molar-refractivity contribution >= 4 is 39.3 Å². The monoisotopic (exact) mass is 449 g/mol. The van der Waals surface area contributed by atoms with Crippen molar-refractivity contribution in [2.24, 2.45) is 0 Å². The molecule has 7 heteroatoms. The highest BCUT2D eigenvalue weighted by Gasteiger charge is 2.23. The number of hydrogen-bond donors (Lipinski definition) is 1. The zero-order valence-corrected chi connectivity index (χ0v) is 17.4. The van der Waals surface area contributed by atoms with Crippen LogP contribution in [0.15, 0.2) is 53.0 Å². The summed E-state index contributed by atoms with van der Waals surface area (Å²) in [5.41, 5.74) is 1.23. The minimum absolute atomic E-state index is 0.0977. The molecule has 0 bridgehead atoms. The average Bonchev–Trinajstić information content (AvgIpc) is 3.02. The van der Waals surface area contributed by atoms with Crippen LogP contribution in [0.3, 0.4) is 0 Å². The molecule has 140 valence electrons. The maximum absolute atomic E-state index is 14.2. The molecule has 0 spiro atoms. The van der Waals surface area contributed by atoms with Crippen molar-refractivity contribution in [2.45, 2.75) is 26.2 Å². The summed E-state index contributed by atoms with van der Waals surface area (Å²) in [6.07, 6.45) is 0. The van der Waals surface area contributed by atoms with Gasteiger partial charge in [-0.1, -0.05) is 54.4 Å². The molecular formula is C20H18BrClFN3O. The third-order valence-corrected chi connectivity index (χ3v) is 4.81. The van der Waals surface area contributed by atoms with Crippen molar-refractivity contribution < 1.29 is 9.18 Å². The third-order valence-electron chi connectivity index (χ3n) is 3.99. The maximum atomic E-state index is 14.2. The number of carbonyl (C=O) groups excluding carboxylic acids is 1. The molecule has 2 aromatic carbocycles. The van der Waals surface area contributed by atoms with E-state index in [-0.39, 0.29) is 16.0 Å². The minimum atomic E-state index is -0.748. The summed E-state index contributed by atoms with van der Waals surface area (Å²) < 4.78 is 16.8. The number of benzene rings is 2. The Kier molecular flexibility index (Phi) is 5.40. The SMILES string of the molecule is CC(C)(C)c1cc(NC(=O)c2cccc(Cl)c2F)n(-c2ccc(Br)cc2)n1. The first-order valence-electron chi connectivity index (χ1n) is 8.28. The summed E-state index contributed by atoms with van der Waals surface area (Å²) in [4.78, 5) is 12.6. The molecule has 0 saturated heterocycles. The molecular weight excluding hydrogens is 433 g/mol. The lowest BCUT2D eigenvalue weighted by molar-refractivity contribution is 0.102. The predicted molar refractivity (Wildman–Crippen MR) is 109 cm³/mol. The predicted octanol–water partition coefficient (Wildman–Crippen LogP) is 5.98. The molecule has 0 atom stereocenters. The van der Waals surface area contributed by atoms with Gasteiger partial charge in [0.25, 0.3) is 5.91 Å². The molecule has 1 amide bonds. The van der Waals surface area contributed by atoms with E-state index in [0.29, 0.717) is 5.82 Å². The zero-order chi connectivity index (χ0) is 19.8. The van der Waals surface area contributed by atoms with E-state index in [9.17, 15) is 9.18 Å². The van der Waals surface area contributed by atoms with E-state index < -0.39 is 11.7 Å². The second kappa shape index (κ2) is 7.44. The van der Waals surface area contributed by atoms with Crippen molar-refractivity contribution in [3.8, 4) is 5.69 Å². The Hall–Kier alpha value is -2.18. The number of nitrogens with one attached hydrogen (secondary N) is 1. The molecule has 0 aliphatic carbocycles. The third kappa shape index (κ3) is 4.22. The molecule has 27 heavy (non-hydrogen) atoms. The van der Waals surface area contributed by atoms with Gasteiger partial charge in [0.2, 0.25) is 0 Å². The lowest BCUT2D eigenvalue weighted by atomic mass is 9.92. The van der Waals surface area contributed by atoms with Crippen LogP contribution in [0.5, 0.6) is 0 Å². The second-order valence-electron chi connectivity index (χ2n) is 7.11. The smallest absolute Gasteiger partial charge is 0.259 e. The zero-order valence-electron chi connectivity index (χ0n) is 15.1. The van der Waals surface area contributed by atoms with Crippen molar-refractivity contribution in [3.05, 3.63) is 75.1 Å². The number of hydrogen-bond acceptors (Lipinski definition) is 2. The number of rotatable bonds is 3. The summed E-state index contributed by atoms with van der Waals surface area (Å²) >= 11 is 9.20. The molecule has 1 N–H and O–H groups in total. The molecule has 0 aliphatic heterocycles. The van der Waals surface area contributed by atoms with Gasteiger partial charge in [0.05, 0.1) is 22.0 Å². The van der Waals surface area contributed by atoms with E-state index >= 15 is 0 Å². The Balaban J connectivity index is 2.03. The summed E-state index contributed by atoms with van der Waals surface area (Å²) in [5, 5.41) is 7.29. The van der Waals surface area contributed by atoms with Gasteiger partial charge in [-0.15, -0.1) is 0 Å². The van der Waals surface area contributed by atoms with Crippen LogP contribution in [0.4, 0.5) is 10.2 Å². The first-order chi connectivity index (χ1) is 12.7. The van der Waals surface area contributed by atoms with Crippen molar-refractivity contribution in [2.75, 3.05) is 5.32 Å². The van der Waals surface area contributed by atoms with Crippen LogP contribution in [0.2, 0.25) is 5.02 Å². The summed E-state index contributed by atoms with van der Waals surface area (Å²) in [5.74, 6) is -0.886. The van der Waals surface area contributed by atoms with Crippen LogP contribution in [0.25, 0.3) is 5.69 Å². The number of halogens is 3. The lowest BCUT2D eigenvalue weighted by Crippen LogP contribution is -2.16. The van der Waals surface area contributed by atoms with Crippen LogP contribution < -0.4 is 5.32 Å². The fourth-order valence-corrected chi connectivity index (χ4v) is 2.92. The fourth-order valence-electron chi connectivity index (χ4n) is 2.48. The van der Waals surface area contributed by atoms with E-state index in [4.69, 9.17) is 11.6 Å². The van der Waals surface area contributed by atoms with Crippen molar-refractivity contribution in [3.63, 3.8) is 0 Å². The largest absolute Gasteiger partial charge is 0.306 e. The topological polar surface area (TPSA) is 46.9 Å². The van der Waals surface area contributed by atoms with Gasteiger partial charge < -0.3 is 5.32 Å². The molecule has 0 unspecified atom stereocenters. The number of anilines is 1. The fraction of sp³-hybridized carbons (Fsp3) is 0.200. The normalized spacial score (nSPS) is 11.5. The maximum Gasteiger partial charge on any atom is 0.259 e. The number of carbonyl (C=O) groups is 1.